The van der Waals surface area contributed by atoms with E-state index in [2.05, 4.69) is 52.7 Å². The van der Waals surface area contributed by atoms with Crippen LogP contribution in [0.5, 0.6) is 0 Å². The van der Waals surface area contributed by atoms with Crippen LogP contribution in [0.25, 0.3) is 10.8 Å². The maximum atomic E-state index is 12.9. The second kappa shape index (κ2) is 7.76. The lowest BCUT2D eigenvalue weighted by atomic mass is 9.96. The van der Waals surface area contributed by atoms with E-state index in [4.69, 9.17) is 0 Å². The normalized spacial score (nSPS) is 23.3. The summed E-state index contributed by atoms with van der Waals surface area (Å²) in [6.45, 7) is 2.94. The average Bonchev–Trinajstić information content (AvgIpc) is 3.42. The minimum atomic E-state index is 0. The molecule has 1 saturated carbocycles. The Balaban J connectivity index is 0.00000182. The zero-order valence-electron chi connectivity index (χ0n) is 14.8. The Morgan fingerprint density at radius 3 is 2.60 bits per heavy atom. The van der Waals surface area contributed by atoms with Gasteiger partial charge in [0, 0.05) is 19.0 Å². The van der Waals surface area contributed by atoms with Crippen LogP contribution in [0.15, 0.2) is 42.5 Å². The molecule has 1 saturated heterocycles. The number of hydrogen-bond donors (Lipinski definition) is 1. The molecular weight excluding hydrogens is 332 g/mol. The molecule has 134 valence electrons. The van der Waals surface area contributed by atoms with Gasteiger partial charge in [-0.05, 0) is 61.0 Å². The number of amides is 1. The highest BCUT2D eigenvalue weighted by atomic mass is 35.5. The van der Waals surface area contributed by atoms with Crippen molar-refractivity contribution >= 4 is 29.1 Å². The first-order valence-corrected chi connectivity index (χ1v) is 9.19. The summed E-state index contributed by atoms with van der Waals surface area (Å²) in [6.07, 6.45) is 3.29. The fourth-order valence-electron chi connectivity index (χ4n) is 4.27. The summed E-state index contributed by atoms with van der Waals surface area (Å²) in [7, 11) is 2.01. The van der Waals surface area contributed by atoms with E-state index in [9.17, 15) is 4.79 Å². The van der Waals surface area contributed by atoms with Crippen molar-refractivity contribution in [2.45, 2.75) is 25.2 Å². The van der Waals surface area contributed by atoms with Gasteiger partial charge in [0.05, 0.1) is 0 Å². The summed E-state index contributed by atoms with van der Waals surface area (Å²) in [5, 5.41) is 5.85. The largest absolute Gasteiger partial charge is 0.342 e. The average molecular weight is 359 g/mol. The number of hydrogen-bond acceptors (Lipinski definition) is 2. The molecule has 0 spiro atoms. The number of nitrogens with zero attached hydrogens (tertiary/aromatic N) is 1. The van der Waals surface area contributed by atoms with Crippen LogP contribution in [0.3, 0.4) is 0 Å². The molecule has 25 heavy (non-hydrogen) atoms. The summed E-state index contributed by atoms with van der Waals surface area (Å²) in [6, 6.07) is 15.0. The van der Waals surface area contributed by atoms with Crippen LogP contribution in [0, 0.1) is 11.8 Å². The lowest BCUT2D eigenvalue weighted by molar-refractivity contribution is -0.134. The molecule has 1 heterocycles. The molecule has 2 atom stereocenters. The predicted octanol–water partition coefficient (Wildman–Crippen LogP) is 3.82. The van der Waals surface area contributed by atoms with Gasteiger partial charge in [0.2, 0.25) is 5.91 Å². The van der Waals surface area contributed by atoms with Gasteiger partial charge in [0.25, 0.3) is 0 Å². The topological polar surface area (TPSA) is 32.3 Å². The summed E-state index contributed by atoms with van der Waals surface area (Å²) in [4.78, 5) is 15.0. The zero-order chi connectivity index (χ0) is 16.5. The number of piperidine rings is 1. The van der Waals surface area contributed by atoms with Crippen molar-refractivity contribution in [1.29, 1.82) is 0 Å². The van der Waals surface area contributed by atoms with Crippen molar-refractivity contribution in [1.82, 2.24) is 10.2 Å². The Bertz CT molecular complexity index is 734. The highest BCUT2D eigenvalue weighted by molar-refractivity contribution is 5.89. The van der Waals surface area contributed by atoms with E-state index in [-0.39, 0.29) is 18.3 Å². The molecule has 2 aromatic rings. The number of halogens is 1. The highest BCUT2D eigenvalue weighted by Crippen LogP contribution is 2.50. The van der Waals surface area contributed by atoms with E-state index < -0.39 is 0 Å². The fourth-order valence-corrected chi connectivity index (χ4v) is 4.27. The van der Waals surface area contributed by atoms with Crippen LogP contribution in [0.1, 0.15) is 30.7 Å². The summed E-state index contributed by atoms with van der Waals surface area (Å²) in [5.41, 5.74) is 1.36. The van der Waals surface area contributed by atoms with Crippen molar-refractivity contribution in [3.8, 4) is 0 Å². The van der Waals surface area contributed by atoms with E-state index in [0.29, 0.717) is 11.8 Å². The van der Waals surface area contributed by atoms with Crippen molar-refractivity contribution < 1.29 is 4.79 Å². The smallest absolute Gasteiger partial charge is 0.226 e. The van der Waals surface area contributed by atoms with Crippen LogP contribution in [-0.2, 0) is 4.79 Å². The molecule has 1 N–H and O–H groups in total. The molecule has 0 radical (unpaired) electrons. The minimum Gasteiger partial charge on any atom is -0.342 e. The molecule has 2 aliphatic rings. The van der Waals surface area contributed by atoms with Gasteiger partial charge in [-0.25, -0.2) is 0 Å². The molecule has 4 heteroatoms. The van der Waals surface area contributed by atoms with Crippen molar-refractivity contribution in [2.75, 3.05) is 26.7 Å². The Morgan fingerprint density at radius 2 is 1.84 bits per heavy atom. The number of rotatable bonds is 4. The maximum Gasteiger partial charge on any atom is 0.226 e. The van der Waals surface area contributed by atoms with E-state index in [1.807, 2.05) is 7.05 Å². The summed E-state index contributed by atoms with van der Waals surface area (Å²) < 4.78 is 0. The third-order valence-corrected chi connectivity index (χ3v) is 5.75. The number of benzene rings is 2. The Kier molecular flexibility index (Phi) is 5.65. The lowest BCUT2D eigenvalue weighted by Crippen LogP contribution is -2.41. The molecule has 4 rings (SSSR count). The SMILES string of the molecule is CNCC1CCN(C(=O)C2CC2c2cccc3ccccc23)CC1.Cl. The predicted molar refractivity (Wildman–Crippen MR) is 105 cm³/mol. The van der Waals surface area contributed by atoms with Crippen LogP contribution in [0.2, 0.25) is 0 Å². The van der Waals surface area contributed by atoms with Gasteiger partial charge in [-0.2, -0.15) is 0 Å². The molecule has 0 bridgehead atoms. The van der Waals surface area contributed by atoms with E-state index in [1.54, 1.807) is 0 Å². The molecule has 1 aliphatic heterocycles. The van der Waals surface area contributed by atoms with Gasteiger partial charge in [0.1, 0.15) is 0 Å². The standard InChI is InChI=1S/C21H26N2O.ClH/c1-22-14-15-9-11-23(12-10-15)21(24)20-13-19(20)18-8-4-6-16-5-2-3-7-17(16)18;/h2-8,15,19-20,22H,9-14H2,1H3;1H. The second-order valence-corrected chi connectivity index (χ2v) is 7.34. The Morgan fingerprint density at radius 1 is 1.12 bits per heavy atom. The Labute approximate surface area is 156 Å². The van der Waals surface area contributed by atoms with Gasteiger partial charge < -0.3 is 10.2 Å². The third-order valence-electron chi connectivity index (χ3n) is 5.75. The first kappa shape index (κ1) is 18.2. The van der Waals surface area contributed by atoms with E-state index >= 15 is 0 Å². The van der Waals surface area contributed by atoms with Crippen LogP contribution < -0.4 is 5.32 Å². The van der Waals surface area contributed by atoms with Gasteiger partial charge in [-0.15, -0.1) is 12.4 Å². The first-order chi connectivity index (χ1) is 11.8. The van der Waals surface area contributed by atoms with Crippen LogP contribution in [-0.4, -0.2) is 37.5 Å². The van der Waals surface area contributed by atoms with Gasteiger partial charge in [-0.3, -0.25) is 4.79 Å². The van der Waals surface area contributed by atoms with Gasteiger partial charge in [0.15, 0.2) is 0 Å². The minimum absolute atomic E-state index is 0. The molecule has 1 aliphatic carbocycles. The van der Waals surface area contributed by atoms with Crippen LogP contribution in [0.4, 0.5) is 0 Å². The zero-order valence-corrected chi connectivity index (χ0v) is 15.6. The van der Waals surface area contributed by atoms with Gasteiger partial charge >= 0.3 is 0 Å². The van der Waals surface area contributed by atoms with E-state index in [0.717, 1.165) is 44.8 Å². The summed E-state index contributed by atoms with van der Waals surface area (Å²) >= 11 is 0. The number of nitrogens with one attached hydrogen (secondary N) is 1. The molecule has 0 aromatic heterocycles. The number of likely N-dealkylation sites (tertiary alicyclic amines) is 1. The van der Waals surface area contributed by atoms with E-state index in [1.165, 1.54) is 16.3 Å². The molecule has 1 amide bonds. The molecule has 2 aromatic carbocycles. The molecule has 2 unspecified atom stereocenters. The maximum absolute atomic E-state index is 12.9. The number of carbonyl (C=O) groups excluding carboxylic acids is 1. The van der Waals surface area contributed by atoms with Crippen molar-refractivity contribution in [3.05, 3.63) is 48.0 Å². The number of fused-ring (bicyclic) bond motifs is 1. The first-order valence-electron chi connectivity index (χ1n) is 9.19. The lowest BCUT2D eigenvalue weighted by Gasteiger charge is -2.32. The number of carbonyl (C=O) groups is 1. The monoisotopic (exact) mass is 358 g/mol. The van der Waals surface area contributed by atoms with Crippen molar-refractivity contribution in [3.63, 3.8) is 0 Å². The Hall–Kier alpha value is -1.58. The quantitative estimate of drug-likeness (QED) is 0.901. The molecule has 3 nitrogen and oxygen atoms in total. The summed E-state index contributed by atoms with van der Waals surface area (Å²) in [5.74, 6) is 1.73. The third kappa shape index (κ3) is 3.68. The van der Waals surface area contributed by atoms with Crippen molar-refractivity contribution in [2.24, 2.45) is 11.8 Å². The molecular formula is C21H27ClN2O. The van der Waals surface area contributed by atoms with Crippen LogP contribution >= 0.6 is 12.4 Å². The van der Waals surface area contributed by atoms with Gasteiger partial charge in [-0.1, -0.05) is 42.5 Å². The highest BCUT2D eigenvalue weighted by Gasteiger charge is 2.46. The second-order valence-electron chi connectivity index (χ2n) is 7.34. The molecule has 2 fully saturated rings. The fraction of sp³-hybridized carbons (Fsp3) is 0.476.